The summed E-state index contributed by atoms with van der Waals surface area (Å²) in [4.78, 5) is 12.9. The van der Waals surface area contributed by atoms with Crippen molar-refractivity contribution in [2.45, 2.75) is 18.1 Å². The second-order valence-electron chi connectivity index (χ2n) is 6.71. The molecule has 1 heterocycles. The maximum absolute atomic E-state index is 13.1. The minimum atomic E-state index is -3.80. The van der Waals surface area contributed by atoms with Crippen molar-refractivity contribution in [3.63, 3.8) is 0 Å². The van der Waals surface area contributed by atoms with Gasteiger partial charge in [0.25, 0.3) is 0 Å². The molecule has 0 unspecified atom stereocenters. The molecule has 8 heteroatoms. The van der Waals surface area contributed by atoms with E-state index in [9.17, 15) is 13.2 Å². The first-order valence-electron chi connectivity index (χ1n) is 8.70. The van der Waals surface area contributed by atoms with E-state index in [2.05, 4.69) is 5.32 Å². The van der Waals surface area contributed by atoms with Crippen molar-refractivity contribution in [1.29, 1.82) is 0 Å². The summed E-state index contributed by atoms with van der Waals surface area (Å²) in [5.41, 5.74) is 1.07. The van der Waals surface area contributed by atoms with Crippen LogP contribution in [-0.2, 0) is 14.8 Å². The Kier molecular flexibility index (Phi) is 4.31. The summed E-state index contributed by atoms with van der Waals surface area (Å²) in [5, 5.41) is 3.28. The van der Waals surface area contributed by atoms with Gasteiger partial charge in [-0.1, -0.05) is 11.6 Å². The zero-order chi connectivity index (χ0) is 19.2. The maximum atomic E-state index is 13.1. The molecule has 4 rings (SSSR count). The lowest BCUT2D eigenvalue weighted by Crippen LogP contribution is -2.42. The van der Waals surface area contributed by atoms with E-state index < -0.39 is 20.7 Å². The van der Waals surface area contributed by atoms with E-state index in [0.717, 1.165) is 0 Å². The van der Waals surface area contributed by atoms with Crippen molar-refractivity contribution < 1.29 is 17.9 Å². The lowest BCUT2D eigenvalue weighted by Gasteiger charge is -2.23. The van der Waals surface area contributed by atoms with Gasteiger partial charge in [0, 0.05) is 23.2 Å². The number of fused-ring (bicyclic) bond motifs is 1. The van der Waals surface area contributed by atoms with Gasteiger partial charge in [-0.15, -0.1) is 0 Å². The zero-order valence-electron chi connectivity index (χ0n) is 14.7. The fourth-order valence-corrected chi connectivity index (χ4v) is 6.10. The molecular formula is C19H19ClN2O4S. The molecule has 1 N–H and O–H groups in total. The Morgan fingerprint density at radius 1 is 1.22 bits per heavy atom. The van der Waals surface area contributed by atoms with E-state index in [-0.39, 0.29) is 5.92 Å². The Labute approximate surface area is 163 Å². The molecule has 0 aromatic heterocycles. The summed E-state index contributed by atoms with van der Waals surface area (Å²) in [7, 11) is -3.80. The number of nitrogens with one attached hydrogen (secondary N) is 1. The summed E-state index contributed by atoms with van der Waals surface area (Å²) in [6.45, 7) is 2.75. The first kappa shape index (κ1) is 18.1. The number of hydrogen-bond donors (Lipinski definition) is 1. The number of carbonyl (C=O) groups excluding carboxylic acids is 1. The van der Waals surface area contributed by atoms with Crippen LogP contribution in [-0.4, -0.2) is 32.2 Å². The van der Waals surface area contributed by atoms with E-state index in [4.69, 9.17) is 16.3 Å². The number of carbonyl (C=O) groups is 1. The van der Waals surface area contributed by atoms with Gasteiger partial charge in [-0.3, -0.25) is 9.10 Å². The van der Waals surface area contributed by atoms with E-state index in [0.29, 0.717) is 41.7 Å². The monoisotopic (exact) mass is 406 g/mol. The van der Waals surface area contributed by atoms with Crippen molar-refractivity contribution in [1.82, 2.24) is 0 Å². The molecule has 0 spiro atoms. The fraction of sp³-hybridized carbons (Fsp3) is 0.316. The lowest BCUT2D eigenvalue weighted by atomic mass is 10.2. The normalized spacial score (nSPS) is 25.0. The molecule has 1 aliphatic carbocycles. The van der Waals surface area contributed by atoms with Crippen LogP contribution in [0.3, 0.4) is 0 Å². The van der Waals surface area contributed by atoms with Crippen LogP contribution in [0.2, 0.25) is 5.02 Å². The number of rotatable bonds is 5. The predicted molar refractivity (Wildman–Crippen MR) is 105 cm³/mol. The van der Waals surface area contributed by atoms with E-state index in [1.165, 1.54) is 4.31 Å². The molecule has 0 radical (unpaired) electrons. The van der Waals surface area contributed by atoms with Crippen LogP contribution in [0.1, 0.15) is 13.3 Å². The highest BCUT2D eigenvalue weighted by molar-refractivity contribution is 7.95. The van der Waals surface area contributed by atoms with Gasteiger partial charge in [-0.25, -0.2) is 8.42 Å². The Morgan fingerprint density at radius 3 is 2.52 bits per heavy atom. The van der Waals surface area contributed by atoms with Gasteiger partial charge in [-0.2, -0.15) is 0 Å². The summed E-state index contributed by atoms with van der Waals surface area (Å²) < 4.78 is 31.6. The second kappa shape index (κ2) is 6.42. The maximum Gasteiger partial charge on any atom is 0.250 e. The SMILES string of the molecule is CCOc1ccc(NC(=O)[C@@]23C[C@H]2CN(c2ccc(Cl)cc2)S3(=O)=O)cc1. The van der Waals surface area contributed by atoms with Crippen LogP contribution >= 0.6 is 11.6 Å². The summed E-state index contributed by atoms with van der Waals surface area (Å²) in [6.07, 6.45) is 0.349. The predicted octanol–water partition coefficient (Wildman–Crippen LogP) is 3.29. The molecule has 1 saturated heterocycles. The number of benzene rings is 2. The number of ether oxygens (including phenoxy) is 1. The minimum absolute atomic E-state index is 0.208. The molecule has 142 valence electrons. The molecule has 2 aromatic rings. The lowest BCUT2D eigenvalue weighted by molar-refractivity contribution is -0.116. The highest BCUT2D eigenvalue weighted by atomic mass is 35.5. The van der Waals surface area contributed by atoms with Gasteiger partial charge in [0.1, 0.15) is 5.75 Å². The number of anilines is 2. The third-order valence-electron chi connectivity index (χ3n) is 5.11. The average molecular weight is 407 g/mol. The molecule has 1 aliphatic heterocycles. The van der Waals surface area contributed by atoms with Gasteiger partial charge in [0.05, 0.1) is 12.3 Å². The number of hydrogen-bond acceptors (Lipinski definition) is 4. The Balaban J connectivity index is 1.55. The molecule has 6 nitrogen and oxygen atoms in total. The first-order valence-corrected chi connectivity index (χ1v) is 10.5. The van der Waals surface area contributed by atoms with Gasteiger partial charge >= 0.3 is 0 Å². The van der Waals surface area contributed by atoms with Gasteiger partial charge in [0.15, 0.2) is 4.75 Å². The quantitative estimate of drug-likeness (QED) is 0.826. The Bertz CT molecular complexity index is 976. The summed E-state index contributed by atoms with van der Waals surface area (Å²) in [6, 6.07) is 13.5. The molecule has 2 fully saturated rings. The third kappa shape index (κ3) is 2.85. The molecular weight excluding hydrogens is 388 g/mol. The zero-order valence-corrected chi connectivity index (χ0v) is 16.3. The van der Waals surface area contributed by atoms with Crippen LogP contribution in [0.15, 0.2) is 48.5 Å². The van der Waals surface area contributed by atoms with Crippen molar-refractivity contribution in [3.8, 4) is 5.75 Å². The van der Waals surface area contributed by atoms with E-state index >= 15 is 0 Å². The Hall–Kier alpha value is -2.25. The number of amides is 1. The summed E-state index contributed by atoms with van der Waals surface area (Å²) >= 11 is 5.88. The van der Waals surface area contributed by atoms with Crippen LogP contribution < -0.4 is 14.4 Å². The summed E-state index contributed by atoms with van der Waals surface area (Å²) in [5.74, 6) is 0.00867. The largest absolute Gasteiger partial charge is 0.494 e. The van der Waals surface area contributed by atoms with Gasteiger partial charge in [0.2, 0.25) is 15.9 Å². The average Bonchev–Trinajstić information content (AvgIpc) is 3.33. The highest BCUT2D eigenvalue weighted by Crippen LogP contribution is 2.58. The van der Waals surface area contributed by atoms with Gasteiger partial charge < -0.3 is 10.1 Å². The molecule has 1 saturated carbocycles. The number of sulfonamides is 1. The highest BCUT2D eigenvalue weighted by Gasteiger charge is 2.75. The molecule has 2 aromatic carbocycles. The molecule has 2 atom stereocenters. The van der Waals surface area contributed by atoms with Crippen LogP contribution in [0.4, 0.5) is 11.4 Å². The van der Waals surface area contributed by atoms with Crippen molar-refractivity contribution in [2.24, 2.45) is 5.92 Å². The minimum Gasteiger partial charge on any atom is -0.494 e. The van der Waals surface area contributed by atoms with Crippen LogP contribution in [0, 0.1) is 5.92 Å². The number of halogens is 1. The fourth-order valence-electron chi connectivity index (χ4n) is 3.61. The molecule has 27 heavy (non-hydrogen) atoms. The van der Waals surface area contributed by atoms with E-state index in [1.807, 2.05) is 6.92 Å². The van der Waals surface area contributed by atoms with Crippen LogP contribution in [0.25, 0.3) is 0 Å². The van der Waals surface area contributed by atoms with Gasteiger partial charge in [-0.05, 0) is 61.9 Å². The molecule has 1 amide bonds. The second-order valence-corrected chi connectivity index (χ2v) is 9.27. The first-order chi connectivity index (χ1) is 12.9. The van der Waals surface area contributed by atoms with E-state index in [1.54, 1.807) is 48.5 Å². The van der Waals surface area contributed by atoms with Crippen molar-refractivity contribution >= 4 is 38.9 Å². The third-order valence-corrected chi connectivity index (χ3v) is 7.91. The topological polar surface area (TPSA) is 75.7 Å². The Morgan fingerprint density at radius 2 is 1.89 bits per heavy atom. The van der Waals surface area contributed by atoms with Crippen molar-refractivity contribution in [2.75, 3.05) is 22.8 Å². The van der Waals surface area contributed by atoms with Crippen LogP contribution in [0.5, 0.6) is 5.75 Å². The molecule has 2 aliphatic rings. The van der Waals surface area contributed by atoms with Crippen molar-refractivity contribution in [3.05, 3.63) is 53.6 Å². The number of nitrogens with zero attached hydrogens (tertiary/aromatic N) is 1. The smallest absolute Gasteiger partial charge is 0.250 e. The molecule has 0 bridgehead atoms. The standard InChI is InChI=1S/C19H19ClN2O4S/c1-2-26-17-9-5-15(6-10-17)21-18(23)19-11-13(19)12-22(27(19,24)25)16-7-3-14(20)4-8-16/h3-10,13H,2,11-12H2,1H3,(H,21,23)/t13-,19+/m0/s1.